The quantitative estimate of drug-likeness (QED) is 0.443. The summed E-state index contributed by atoms with van der Waals surface area (Å²) in [5.74, 6) is -1.68. The van der Waals surface area contributed by atoms with E-state index >= 15 is 0 Å². The van der Waals surface area contributed by atoms with Crippen LogP contribution in [0.25, 0.3) is 0 Å². The number of likely N-dealkylation sites (tertiary alicyclic amines) is 1. The van der Waals surface area contributed by atoms with Crippen LogP contribution in [-0.4, -0.2) is 36.6 Å². The van der Waals surface area contributed by atoms with E-state index in [-0.39, 0.29) is 24.0 Å². The van der Waals surface area contributed by atoms with Crippen LogP contribution in [0.1, 0.15) is 23.8 Å². The number of methoxy groups -OCH3 is 1. The van der Waals surface area contributed by atoms with Crippen LogP contribution in [0.4, 0.5) is 4.79 Å². The van der Waals surface area contributed by atoms with Gasteiger partial charge >= 0.3 is 18.0 Å². The minimum Gasteiger partial charge on any atom is -0.453 e. The summed E-state index contributed by atoms with van der Waals surface area (Å²) in [7, 11) is 1.37. The SMILES string of the molecule is COC(=O)N1CC2=CC[C@@H]3C(=O)OC(=O)[C@@H]3[C@@H]2C[C@@H]1c1cccs1. The van der Waals surface area contributed by atoms with Gasteiger partial charge in [0.25, 0.3) is 0 Å². The second-order valence-corrected chi connectivity index (χ2v) is 7.34. The van der Waals surface area contributed by atoms with Gasteiger partial charge in [-0.25, -0.2) is 4.79 Å². The number of piperidine rings is 1. The summed E-state index contributed by atoms with van der Waals surface area (Å²) in [6.45, 7) is 0.421. The molecule has 126 valence electrons. The lowest BCUT2D eigenvalue weighted by atomic mass is 9.68. The Labute approximate surface area is 143 Å². The molecule has 3 heterocycles. The molecule has 3 aliphatic rings. The van der Waals surface area contributed by atoms with Gasteiger partial charge in [-0.3, -0.25) is 14.5 Å². The molecule has 7 heteroatoms. The average Bonchev–Trinajstić information content (AvgIpc) is 3.21. The predicted molar refractivity (Wildman–Crippen MR) is 85.1 cm³/mol. The summed E-state index contributed by atoms with van der Waals surface area (Å²) in [5.41, 5.74) is 1.03. The molecule has 4 rings (SSSR count). The summed E-state index contributed by atoms with van der Waals surface area (Å²) < 4.78 is 9.81. The molecule has 1 aromatic rings. The number of carbonyl (C=O) groups is 3. The van der Waals surface area contributed by atoms with Crippen molar-refractivity contribution in [2.75, 3.05) is 13.7 Å². The summed E-state index contributed by atoms with van der Waals surface area (Å²) in [5, 5.41) is 1.97. The molecule has 4 atom stereocenters. The zero-order valence-electron chi connectivity index (χ0n) is 13.1. The molecule has 2 aliphatic heterocycles. The van der Waals surface area contributed by atoms with E-state index in [0.29, 0.717) is 19.4 Å². The van der Waals surface area contributed by atoms with Gasteiger partial charge in [0.1, 0.15) is 0 Å². The predicted octanol–water partition coefficient (Wildman–Crippen LogP) is 2.52. The van der Waals surface area contributed by atoms with Gasteiger partial charge in [0.05, 0.1) is 25.0 Å². The molecule has 0 unspecified atom stereocenters. The number of hydrogen-bond acceptors (Lipinski definition) is 6. The Morgan fingerprint density at radius 1 is 1.33 bits per heavy atom. The maximum absolute atomic E-state index is 12.2. The molecule has 2 saturated heterocycles. The Hall–Kier alpha value is -2.15. The van der Waals surface area contributed by atoms with Crippen molar-refractivity contribution in [3.05, 3.63) is 34.0 Å². The number of thiophene rings is 1. The summed E-state index contributed by atoms with van der Waals surface area (Å²) in [4.78, 5) is 39.0. The fourth-order valence-corrected chi connectivity index (χ4v) is 4.97. The van der Waals surface area contributed by atoms with Crippen molar-refractivity contribution in [3.63, 3.8) is 0 Å². The fraction of sp³-hybridized carbons (Fsp3) is 0.471. The number of carbonyl (C=O) groups excluding carboxylic acids is 3. The Balaban J connectivity index is 1.70. The summed E-state index contributed by atoms with van der Waals surface area (Å²) in [6.07, 6.45) is 2.72. The van der Waals surface area contributed by atoms with Crippen LogP contribution in [0.5, 0.6) is 0 Å². The third-order valence-electron chi connectivity index (χ3n) is 5.24. The summed E-state index contributed by atoms with van der Waals surface area (Å²) in [6, 6.07) is 3.78. The molecule has 6 nitrogen and oxygen atoms in total. The molecular weight excluding hydrogens is 330 g/mol. The number of ether oxygens (including phenoxy) is 2. The number of allylic oxidation sites excluding steroid dienone is 1. The zero-order chi connectivity index (χ0) is 16.8. The molecule has 2 fully saturated rings. The average molecular weight is 347 g/mol. The minimum absolute atomic E-state index is 0.0595. The van der Waals surface area contributed by atoms with Gasteiger partial charge in [0, 0.05) is 11.4 Å². The number of nitrogens with zero attached hydrogens (tertiary/aromatic N) is 1. The highest BCUT2D eigenvalue weighted by Crippen LogP contribution is 2.49. The Bertz CT molecular complexity index is 725. The number of rotatable bonds is 1. The van der Waals surface area contributed by atoms with Crippen LogP contribution in [0, 0.1) is 17.8 Å². The summed E-state index contributed by atoms with van der Waals surface area (Å²) >= 11 is 1.58. The van der Waals surface area contributed by atoms with E-state index in [0.717, 1.165) is 10.5 Å². The number of hydrogen-bond donors (Lipinski definition) is 0. The normalized spacial score (nSPS) is 31.9. The highest BCUT2D eigenvalue weighted by atomic mass is 32.1. The molecule has 0 N–H and O–H groups in total. The van der Waals surface area contributed by atoms with Crippen molar-refractivity contribution < 1.29 is 23.9 Å². The van der Waals surface area contributed by atoms with Gasteiger partial charge in [0.15, 0.2) is 0 Å². The van der Waals surface area contributed by atoms with Gasteiger partial charge in [-0.15, -0.1) is 11.3 Å². The molecule has 24 heavy (non-hydrogen) atoms. The van der Waals surface area contributed by atoms with Crippen molar-refractivity contribution in [3.8, 4) is 0 Å². The van der Waals surface area contributed by atoms with Gasteiger partial charge < -0.3 is 9.47 Å². The lowest BCUT2D eigenvalue weighted by molar-refractivity contribution is -0.154. The molecule has 0 saturated carbocycles. The first-order valence-electron chi connectivity index (χ1n) is 7.92. The van der Waals surface area contributed by atoms with Gasteiger partial charge in [-0.2, -0.15) is 0 Å². The first-order valence-corrected chi connectivity index (χ1v) is 8.80. The third-order valence-corrected chi connectivity index (χ3v) is 6.21. The second-order valence-electron chi connectivity index (χ2n) is 6.36. The third kappa shape index (κ3) is 2.26. The zero-order valence-corrected chi connectivity index (χ0v) is 14.0. The molecule has 0 radical (unpaired) electrons. The Kier molecular flexibility index (Phi) is 3.68. The van der Waals surface area contributed by atoms with E-state index in [1.165, 1.54) is 7.11 Å². The van der Waals surface area contributed by atoms with Crippen molar-refractivity contribution in [1.82, 2.24) is 4.90 Å². The number of fused-ring (bicyclic) bond motifs is 3. The monoisotopic (exact) mass is 347 g/mol. The molecule has 1 amide bonds. The minimum atomic E-state index is -0.419. The second kappa shape index (κ2) is 5.73. The van der Waals surface area contributed by atoms with Crippen LogP contribution >= 0.6 is 11.3 Å². The Morgan fingerprint density at radius 3 is 2.88 bits per heavy atom. The van der Waals surface area contributed by atoms with Gasteiger partial charge in [-0.05, 0) is 30.2 Å². The van der Waals surface area contributed by atoms with Crippen LogP contribution in [0.3, 0.4) is 0 Å². The van der Waals surface area contributed by atoms with Crippen LogP contribution in [0.15, 0.2) is 29.2 Å². The first-order chi connectivity index (χ1) is 11.6. The van der Waals surface area contributed by atoms with Crippen molar-refractivity contribution in [2.24, 2.45) is 17.8 Å². The van der Waals surface area contributed by atoms with E-state index in [2.05, 4.69) is 0 Å². The topological polar surface area (TPSA) is 72.9 Å². The molecule has 0 aromatic carbocycles. The number of esters is 2. The standard InChI is InChI=1S/C17H17NO5S/c1-22-17(21)18-8-9-4-5-10-14(16(20)23-15(10)19)11(9)7-12(18)13-3-2-6-24-13/h2-4,6,10-12,14H,5,7-8H2,1H3/t10-,11+,12+,14-/m0/s1. The van der Waals surface area contributed by atoms with Crippen LogP contribution in [-0.2, 0) is 19.1 Å². The van der Waals surface area contributed by atoms with E-state index in [4.69, 9.17) is 9.47 Å². The van der Waals surface area contributed by atoms with E-state index in [1.807, 2.05) is 23.6 Å². The van der Waals surface area contributed by atoms with Crippen LogP contribution < -0.4 is 0 Å². The largest absolute Gasteiger partial charge is 0.453 e. The van der Waals surface area contributed by atoms with Crippen LogP contribution in [0.2, 0.25) is 0 Å². The molecule has 1 aromatic heterocycles. The number of cyclic esters (lactones) is 2. The highest BCUT2D eigenvalue weighted by molar-refractivity contribution is 7.10. The molecule has 0 bridgehead atoms. The lowest BCUT2D eigenvalue weighted by Gasteiger charge is -2.43. The Morgan fingerprint density at radius 2 is 2.17 bits per heavy atom. The van der Waals surface area contributed by atoms with Crippen molar-refractivity contribution >= 4 is 29.4 Å². The number of amides is 1. The van der Waals surface area contributed by atoms with E-state index in [9.17, 15) is 14.4 Å². The van der Waals surface area contributed by atoms with Crippen molar-refractivity contribution in [1.29, 1.82) is 0 Å². The van der Waals surface area contributed by atoms with Crippen molar-refractivity contribution in [2.45, 2.75) is 18.9 Å². The van der Waals surface area contributed by atoms with E-state index in [1.54, 1.807) is 16.2 Å². The molecule has 0 spiro atoms. The lowest BCUT2D eigenvalue weighted by Crippen LogP contribution is -2.46. The smallest absolute Gasteiger partial charge is 0.410 e. The maximum atomic E-state index is 12.2. The maximum Gasteiger partial charge on any atom is 0.410 e. The van der Waals surface area contributed by atoms with Gasteiger partial charge in [0.2, 0.25) is 0 Å². The van der Waals surface area contributed by atoms with Gasteiger partial charge in [-0.1, -0.05) is 17.7 Å². The first kappa shape index (κ1) is 15.4. The molecular formula is C17H17NO5S. The highest BCUT2D eigenvalue weighted by Gasteiger charge is 2.53. The molecule has 1 aliphatic carbocycles. The fourth-order valence-electron chi connectivity index (χ4n) is 4.12. The van der Waals surface area contributed by atoms with E-state index < -0.39 is 17.9 Å².